The first kappa shape index (κ1) is 13.7. The number of nitrogens with zero attached hydrogens (tertiary/aromatic N) is 1. The van der Waals surface area contributed by atoms with Gasteiger partial charge in [0, 0.05) is 25.2 Å². The van der Waals surface area contributed by atoms with Gasteiger partial charge in [-0.1, -0.05) is 11.6 Å². The van der Waals surface area contributed by atoms with Gasteiger partial charge in [-0.05, 0) is 6.07 Å². The summed E-state index contributed by atoms with van der Waals surface area (Å²) in [6.45, 7) is 1.24. The summed E-state index contributed by atoms with van der Waals surface area (Å²) < 4.78 is 0. The van der Waals surface area contributed by atoms with Gasteiger partial charge in [-0.15, -0.1) is 0 Å². The maximum atomic E-state index is 10.7. The number of carbonyl (C=O) groups excluding carboxylic acids is 1. The molecule has 1 rings (SSSR count). The highest BCUT2D eigenvalue weighted by Crippen LogP contribution is 2.25. The number of aromatic nitrogens is 1. The standard InChI is InChI=1S/C10H14ClN3O3/c1-5(15)13-4-8(16)10(17)6-3-14-9(12)2-7(6)11/h2-3,8,10,16-17H,4H2,1H3,(H2,12,14)(H,13,15). The van der Waals surface area contributed by atoms with Crippen molar-refractivity contribution in [3.8, 4) is 0 Å². The summed E-state index contributed by atoms with van der Waals surface area (Å²) in [5, 5.41) is 22.0. The van der Waals surface area contributed by atoms with Gasteiger partial charge in [0.25, 0.3) is 0 Å². The third kappa shape index (κ3) is 3.85. The van der Waals surface area contributed by atoms with Crippen molar-refractivity contribution in [1.29, 1.82) is 0 Å². The van der Waals surface area contributed by atoms with Crippen LogP contribution in [-0.4, -0.2) is 33.8 Å². The quantitative estimate of drug-likeness (QED) is 0.601. The lowest BCUT2D eigenvalue weighted by Crippen LogP contribution is -2.34. The van der Waals surface area contributed by atoms with Gasteiger partial charge < -0.3 is 21.3 Å². The van der Waals surface area contributed by atoms with Crippen LogP contribution in [0.2, 0.25) is 5.02 Å². The highest BCUT2D eigenvalue weighted by atomic mass is 35.5. The van der Waals surface area contributed by atoms with Crippen molar-refractivity contribution in [2.24, 2.45) is 0 Å². The predicted octanol–water partition coefficient (Wildman–Crippen LogP) is -0.152. The number of hydrogen-bond donors (Lipinski definition) is 4. The van der Waals surface area contributed by atoms with E-state index in [9.17, 15) is 15.0 Å². The van der Waals surface area contributed by atoms with Crippen molar-refractivity contribution in [3.05, 3.63) is 22.8 Å². The molecule has 1 aromatic rings. The molecule has 1 aromatic heterocycles. The normalized spacial score (nSPS) is 14.1. The molecule has 6 nitrogen and oxygen atoms in total. The lowest BCUT2D eigenvalue weighted by atomic mass is 10.1. The van der Waals surface area contributed by atoms with Crippen LogP contribution < -0.4 is 11.1 Å². The molecule has 1 amide bonds. The minimum Gasteiger partial charge on any atom is -0.388 e. The van der Waals surface area contributed by atoms with Crippen LogP contribution in [0, 0.1) is 0 Å². The molecule has 0 spiro atoms. The number of amides is 1. The molecule has 5 N–H and O–H groups in total. The number of rotatable bonds is 4. The molecule has 2 unspecified atom stereocenters. The zero-order chi connectivity index (χ0) is 13.0. The number of aliphatic hydroxyl groups excluding tert-OH is 2. The first-order chi connectivity index (χ1) is 7.91. The van der Waals surface area contributed by atoms with E-state index in [0.29, 0.717) is 0 Å². The van der Waals surface area contributed by atoms with Crippen LogP contribution in [0.4, 0.5) is 5.82 Å². The molecule has 0 radical (unpaired) electrons. The van der Waals surface area contributed by atoms with Crippen molar-refractivity contribution in [1.82, 2.24) is 10.3 Å². The third-order valence-electron chi connectivity index (χ3n) is 2.15. The number of aliphatic hydroxyl groups is 2. The van der Waals surface area contributed by atoms with Crippen molar-refractivity contribution >= 4 is 23.3 Å². The fraction of sp³-hybridized carbons (Fsp3) is 0.400. The van der Waals surface area contributed by atoms with Crippen LogP contribution in [0.5, 0.6) is 0 Å². The molecular formula is C10H14ClN3O3. The zero-order valence-electron chi connectivity index (χ0n) is 9.22. The minimum absolute atomic E-state index is 0.0722. The number of anilines is 1. The fourth-order valence-corrected chi connectivity index (χ4v) is 1.51. The average molecular weight is 260 g/mol. The van der Waals surface area contributed by atoms with Gasteiger partial charge in [0.1, 0.15) is 18.0 Å². The number of nitrogens with two attached hydrogens (primary N) is 1. The van der Waals surface area contributed by atoms with Gasteiger partial charge in [-0.2, -0.15) is 0 Å². The second-order valence-corrected chi connectivity index (χ2v) is 3.99. The summed E-state index contributed by atoms with van der Waals surface area (Å²) in [5.41, 5.74) is 5.67. The number of carbonyl (C=O) groups is 1. The average Bonchev–Trinajstić information content (AvgIpc) is 2.25. The van der Waals surface area contributed by atoms with Crippen molar-refractivity contribution in [3.63, 3.8) is 0 Å². The molecule has 17 heavy (non-hydrogen) atoms. The van der Waals surface area contributed by atoms with E-state index < -0.39 is 12.2 Å². The highest BCUT2D eigenvalue weighted by Gasteiger charge is 2.21. The number of nitrogen functional groups attached to an aromatic ring is 1. The Bertz CT molecular complexity index is 414. The van der Waals surface area contributed by atoms with Gasteiger partial charge in [0.05, 0.1) is 5.02 Å². The van der Waals surface area contributed by atoms with Gasteiger partial charge >= 0.3 is 0 Å². The predicted molar refractivity (Wildman–Crippen MR) is 63.3 cm³/mol. The second-order valence-electron chi connectivity index (χ2n) is 3.58. The van der Waals surface area contributed by atoms with Gasteiger partial charge in [-0.3, -0.25) is 4.79 Å². The summed E-state index contributed by atoms with van der Waals surface area (Å²) in [6.07, 6.45) is -1.11. The van der Waals surface area contributed by atoms with E-state index in [0.717, 1.165) is 0 Å². The molecule has 0 aliphatic carbocycles. The van der Waals surface area contributed by atoms with Crippen LogP contribution in [0.1, 0.15) is 18.6 Å². The summed E-state index contributed by atoms with van der Waals surface area (Å²) in [7, 11) is 0. The molecule has 7 heteroatoms. The van der Waals surface area contributed by atoms with E-state index in [1.165, 1.54) is 19.2 Å². The van der Waals surface area contributed by atoms with Crippen molar-refractivity contribution in [2.45, 2.75) is 19.1 Å². The van der Waals surface area contributed by atoms with E-state index in [2.05, 4.69) is 10.3 Å². The Morgan fingerprint density at radius 3 is 2.82 bits per heavy atom. The van der Waals surface area contributed by atoms with Crippen LogP contribution in [-0.2, 0) is 4.79 Å². The molecule has 2 atom stereocenters. The summed E-state index contributed by atoms with van der Waals surface area (Å²) >= 11 is 5.85. The molecule has 0 aromatic carbocycles. The molecule has 0 saturated heterocycles. The lowest BCUT2D eigenvalue weighted by molar-refractivity contribution is -0.119. The lowest BCUT2D eigenvalue weighted by Gasteiger charge is -2.19. The number of halogens is 1. The molecule has 0 aliphatic rings. The van der Waals surface area contributed by atoms with Crippen LogP contribution >= 0.6 is 11.6 Å². The number of hydrogen-bond acceptors (Lipinski definition) is 5. The summed E-state index contributed by atoms with van der Waals surface area (Å²) in [4.78, 5) is 14.4. The van der Waals surface area contributed by atoms with Crippen LogP contribution in [0.15, 0.2) is 12.3 Å². The first-order valence-corrected chi connectivity index (χ1v) is 5.31. The van der Waals surface area contributed by atoms with Crippen molar-refractivity contribution in [2.75, 3.05) is 12.3 Å². The van der Waals surface area contributed by atoms with Crippen LogP contribution in [0.3, 0.4) is 0 Å². The summed E-state index contributed by atoms with van der Waals surface area (Å²) in [5.74, 6) is -0.0694. The van der Waals surface area contributed by atoms with E-state index in [4.69, 9.17) is 17.3 Å². The third-order valence-corrected chi connectivity index (χ3v) is 2.47. The van der Waals surface area contributed by atoms with E-state index >= 15 is 0 Å². The maximum absolute atomic E-state index is 10.7. The van der Waals surface area contributed by atoms with E-state index in [-0.39, 0.29) is 28.9 Å². The highest BCUT2D eigenvalue weighted by molar-refractivity contribution is 6.31. The van der Waals surface area contributed by atoms with Gasteiger partial charge in [0.15, 0.2) is 0 Å². The van der Waals surface area contributed by atoms with Gasteiger partial charge in [-0.25, -0.2) is 4.98 Å². The Morgan fingerprint density at radius 1 is 1.65 bits per heavy atom. The second kappa shape index (κ2) is 5.81. The number of pyridine rings is 1. The minimum atomic E-state index is -1.23. The van der Waals surface area contributed by atoms with Crippen LogP contribution in [0.25, 0.3) is 0 Å². The fourth-order valence-electron chi connectivity index (χ4n) is 1.24. The maximum Gasteiger partial charge on any atom is 0.216 e. The Morgan fingerprint density at radius 2 is 2.29 bits per heavy atom. The topological polar surface area (TPSA) is 108 Å². The Balaban J connectivity index is 2.74. The molecule has 0 aliphatic heterocycles. The Hall–Kier alpha value is -1.37. The molecule has 0 fully saturated rings. The Labute approximate surface area is 103 Å². The molecule has 94 valence electrons. The number of nitrogens with one attached hydrogen (secondary N) is 1. The molecule has 1 heterocycles. The zero-order valence-corrected chi connectivity index (χ0v) is 9.98. The largest absolute Gasteiger partial charge is 0.388 e. The first-order valence-electron chi connectivity index (χ1n) is 4.93. The SMILES string of the molecule is CC(=O)NCC(O)C(O)c1cnc(N)cc1Cl. The molecule has 0 saturated carbocycles. The molecule has 0 bridgehead atoms. The van der Waals surface area contributed by atoms with Crippen molar-refractivity contribution < 1.29 is 15.0 Å². The van der Waals surface area contributed by atoms with E-state index in [1.54, 1.807) is 0 Å². The Kier molecular flexibility index (Phi) is 4.68. The monoisotopic (exact) mass is 259 g/mol. The summed E-state index contributed by atoms with van der Waals surface area (Å²) in [6, 6.07) is 1.38. The molecular weight excluding hydrogens is 246 g/mol. The smallest absolute Gasteiger partial charge is 0.216 e. The van der Waals surface area contributed by atoms with Gasteiger partial charge in [0.2, 0.25) is 5.91 Å². The van der Waals surface area contributed by atoms with E-state index in [1.807, 2.05) is 0 Å².